The second-order valence-corrected chi connectivity index (χ2v) is 7.08. The monoisotopic (exact) mass is 360 g/mol. The minimum atomic E-state index is 0.785. The number of aryl methyl sites for hydroxylation is 3. The first-order valence-corrected chi connectivity index (χ1v) is 9.07. The fourth-order valence-corrected chi connectivity index (χ4v) is 3.89. The third kappa shape index (κ3) is 2.58. The average Bonchev–Trinajstić information content (AvgIpc) is 3.25. The maximum Gasteiger partial charge on any atom is 0.153 e. The van der Waals surface area contributed by atoms with Crippen molar-refractivity contribution >= 4 is 11.5 Å². The number of anilines is 1. The molecule has 0 N–H and O–H groups in total. The lowest BCUT2D eigenvalue weighted by atomic mass is 9.99. The van der Waals surface area contributed by atoms with Gasteiger partial charge in [-0.2, -0.15) is 0 Å². The van der Waals surface area contributed by atoms with Crippen LogP contribution in [0.15, 0.2) is 35.2 Å². The van der Waals surface area contributed by atoms with Gasteiger partial charge in [-0.25, -0.2) is 9.50 Å². The van der Waals surface area contributed by atoms with Crippen molar-refractivity contribution in [2.75, 3.05) is 11.4 Å². The van der Waals surface area contributed by atoms with E-state index in [1.54, 1.807) is 6.20 Å². The van der Waals surface area contributed by atoms with E-state index in [9.17, 15) is 0 Å². The SMILES string of the molecule is Cc1cc2nccn2nc1N1CCc2ncc(-c3c(C)noc3C)cc2C1. The summed E-state index contributed by atoms with van der Waals surface area (Å²) in [6, 6.07) is 4.29. The summed E-state index contributed by atoms with van der Waals surface area (Å²) in [5.41, 5.74) is 7.37. The summed E-state index contributed by atoms with van der Waals surface area (Å²) < 4.78 is 7.16. The summed E-state index contributed by atoms with van der Waals surface area (Å²) in [5, 5.41) is 8.84. The van der Waals surface area contributed by atoms with E-state index in [2.05, 4.69) is 34.1 Å². The Labute approximate surface area is 156 Å². The maximum atomic E-state index is 5.33. The number of pyridine rings is 1. The van der Waals surface area contributed by atoms with Crippen LogP contribution in [0.3, 0.4) is 0 Å². The van der Waals surface area contributed by atoms with E-state index in [0.717, 1.165) is 64.8 Å². The largest absolute Gasteiger partial charge is 0.361 e. The number of nitrogens with zero attached hydrogens (tertiary/aromatic N) is 6. The quantitative estimate of drug-likeness (QED) is 0.546. The molecular formula is C20H20N6O. The molecule has 4 aromatic rings. The van der Waals surface area contributed by atoms with Crippen LogP contribution in [0.4, 0.5) is 5.82 Å². The second kappa shape index (κ2) is 5.90. The number of imidazole rings is 1. The van der Waals surface area contributed by atoms with Crippen LogP contribution >= 0.6 is 0 Å². The number of aromatic nitrogens is 5. The highest BCUT2D eigenvalue weighted by Crippen LogP contribution is 2.31. The van der Waals surface area contributed by atoms with E-state index in [1.807, 2.05) is 30.8 Å². The molecule has 0 bridgehead atoms. The van der Waals surface area contributed by atoms with Gasteiger partial charge in [-0.1, -0.05) is 5.16 Å². The highest BCUT2D eigenvalue weighted by molar-refractivity contribution is 5.68. The Morgan fingerprint density at radius 3 is 2.81 bits per heavy atom. The van der Waals surface area contributed by atoms with Crippen LogP contribution in [-0.2, 0) is 13.0 Å². The first-order chi connectivity index (χ1) is 13.1. The first kappa shape index (κ1) is 16.0. The lowest BCUT2D eigenvalue weighted by molar-refractivity contribution is 0.393. The summed E-state index contributed by atoms with van der Waals surface area (Å²) in [4.78, 5) is 11.3. The van der Waals surface area contributed by atoms with E-state index in [4.69, 9.17) is 14.6 Å². The first-order valence-electron chi connectivity index (χ1n) is 9.07. The van der Waals surface area contributed by atoms with Crippen LogP contribution in [0.25, 0.3) is 16.8 Å². The van der Waals surface area contributed by atoms with Gasteiger partial charge in [0.1, 0.15) is 5.76 Å². The zero-order valence-corrected chi connectivity index (χ0v) is 15.6. The molecular weight excluding hydrogens is 340 g/mol. The van der Waals surface area contributed by atoms with Crippen molar-refractivity contribution in [2.24, 2.45) is 0 Å². The molecule has 0 radical (unpaired) electrons. The Balaban J connectivity index is 1.53. The van der Waals surface area contributed by atoms with Crippen molar-refractivity contribution in [3.05, 3.63) is 59.0 Å². The predicted molar refractivity (Wildman–Crippen MR) is 102 cm³/mol. The fourth-order valence-electron chi connectivity index (χ4n) is 3.89. The average molecular weight is 360 g/mol. The van der Waals surface area contributed by atoms with Gasteiger partial charge in [0.05, 0.1) is 5.69 Å². The fraction of sp³-hybridized carbons (Fsp3) is 0.300. The Kier molecular flexibility index (Phi) is 3.50. The molecule has 5 rings (SSSR count). The maximum absolute atomic E-state index is 5.33. The van der Waals surface area contributed by atoms with Gasteiger partial charge in [0, 0.05) is 54.9 Å². The van der Waals surface area contributed by atoms with Gasteiger partial charge in [0.15, 0.2) is 11.5 Å². The van der Waals surface area contributed by atoms with Gasteiger partial charge >= 0.3 is 0 Å². The Morgan fingerprint density at radius 2 is 2.00 bits per heavy atom. The van der Waals surface area contributed by atoms with Crippen LogP contribution in [0.1, 0.15) is 28.3 Å². The molecule has 4 aromatic heterocycles. The molecule has 0 spiro atoms. The standard InChI is InChI=1S/C20H20N6O/c1-12-8-18-21-5-7-26(18)23-20(12)25-6-4-17-16(11-25)9-15(10-22-17)19-13(2)24-27-14(19)3/h5,7-10H,4,6,11H2,1-3H3. The topological polar surface area (TPSA) is 72.3 Å². The molecule has 1 aliphatic heterocycles. The molecule has 136 valence electrons. The number of fused-ring (bicyclic) bond motifs is 2. The van der Waals surface area contributed by atoms with Crippen molar-refractivity contribution in [3.63, 3.8) is 0 Å². The van der Waals surface area contributed by atoms with E-state index >= 15 is 0 Å². The van der Waals surface area contributed by atoms with Crippen molar-refractivity contribution in [1.82, 2.24) is 24.7 Å². The van der Waals surface area contributed by atoms with Crippen molar-refractivity contribution in [1.29, 1.82) is 0 Å². The van der Waals surface area contributed by atoms with Crippen LogP contribution in [0.5, 0.6) is 0 Å². The van der Waals surface area contributed by atoms with Gasteiger partial charge in [-0.05, 0) is 44.0 Å². The van der Waals surface area contributed by atoms with Gasteiger partial charge in [-0.3, -0.25) is 4.98 Å². The highest BCUT2D eigenvalue weighted by atomic mass is 16.5. The summed E-state index contributed by atoms with van der Waals surface area (Å²) >= 11 is 0. The Morgan fingerprint density at radius 1 is 1.11 bits per heavy atom. The van der Waals surface area contributed by atoms with E-state index in [0.29, 0.717) is 0 Å². The molecule has 7 heteroatoms. The van der Waals surface area contributed by atoms with Crippen LogP contribution < -0.4 is 4.90 Å². The molecule has 0 aliphatic carbocycles. The third-order valence-electron chi connectivity index (χ3n) is 5.21. The number of hydrogen-bond acceptors (Lipinski definition) is 6. The molecule has 1 aliphatic rings. The minimum Gasteiger partial charge on any atom is -0.361 e. The molecule has 0 fully saturated rings. The van der Waals surface area contributed by atoms with E-state index < -0.39 is 0 Å². The van der Waals surface area contributed by atoms with Gasteiger partial charge in [0.2, 0.25) is 0 Å². The van der Waals surface area contributed by atoms with Gasteiger partial charge < -0.3 is 9.42 Å². The van der Waals surface area contributed by atoms with Crippen LogP contribution in [0, 0.1) is 20.8 Å². The van der Waals surface area contributed by atoms with Crippen molar-refractivity contribution < 1.29 is 4.52 Å². The van der Waals surface area contributed by atoms with Crippen LogP contribution in [0.2, 0.25) is 0 Å². The molecule has 0 amide bonds. The molecule has 0 unspecified atom stereocenters. The lowest BCUT2D eigenvalue weighted by Crippen LogP contribution is -2.32. The smallest absolute Gasteiger partial charge is 0.153 e. The van der Waals surface area contributed by atoms with E-state index in [-0.39, 0.29) is 0 Å². The predicted octanol–water partition coefficient (Wildman–Crippen LogP) is 3.27. The van der Waals surface area contributed by atoms with Gasteiger partial charge in [0.25, 0.3) is 0 Å². The zero-order chi connectivity index (χ0) is 18.5. The minimum absolute atomic E-state index is 0.785. The number of hydrogen-bond donors (Lipinski definition) is 0. The molecule has 0 atom stereocenters. The molecule has 27 heavy (non-hydrogen) atoms. The molecule has 7 nitrogen and oxygen atoms in total. The lowest BCUT2D eigenvalue weighted by Gasteiger charge is -2.30. The molecule has 0 aromatic carbocycles. The number of rotatable bonds is 2. The second-order valence-electron chi connectivity index (χ2n) is 7.08. The zero-order valence-electron chi connectivity index (χ0n) is 15.6. The Hall–Kier alpha value is -3.22. The summed E-state index contributed by atoms with van der Waals surface area (Å²) in [6.07, 6.45) is 6.49. The molecule has 5 heterocycles. The van der Waals surface area contributed by atoms with Crippen molar-refractivity contribution in [2.45, 2.75) is 33.7 Å². The highest BCUT2D eigenvalue weighted by Gasteiger charge is 2.22. The summed E-state index contributed by atoms with van der Waals surface area (Å²) in [7, 11) is 0. The Bertz CT molecular complexity index is 1140. The summed E-state index contributed by atoms with van der Waals surface area (Å²) in [5.74, 6) is 1.82. The molecule has 0 saturated carbocycles. The normalized spacial score (nSPS) is 14.0. The van der Waals surface area contributed by atoms with Crippen molar-refractivity contribution in [3.8, 4) is 11.1 Å². The van der Waals surface area contributed by atoms with Crippen LogP contribution in [-0.4, -0.2) is 31.3 Å². The summed E-state index contributed by atoms with van der Waals surface area (Å²) in [6.45, 7) is 7.68. The van der Waals surface area contributed by atoms with E-state index in [1.165, 1.54) is 5.56 Å². The van der Waals surface area contributed by atoms with Gasteiger partial charge in [-0.15, -0.1) is 5.10 Å². The molecule has 0 saturated heterocycles. The third-order valence-corrected chi connectivity index (χ3v) is 5.21.